The molecule has 0 aromatic rings. The van der Waals surface area contributed by atoms with Crippen LogP contribution in [0.5, 0.6) is 0 Å². The van der Waals surface area contributed by atoms with Gasteiger partial charge in [-0.3, -0.25) is 0 Å². The van der Waals surface area contributed by atoms with Crippen molar-refractivity contribution in [2.75, 3.05) is 26.2 Å². The highest BCUT2D eigenvalue weighted by molar-refractivity contribution is 5.34. The standard InChI is InChI=1S/C13H18N2O2.C13H21NO.C12H18N2O2.C12H21NO.2CH4/c1-9(2)11-4-12(6-15-8-16)10(3)13(5-11)17-7-14;1-10(2)12-5-6-13(4,7-11(12)3)8-14-9-15;1-10(6-13-8-15)12-4-2-11(3-5-12)7-14-9-16;1-4-9(2)11-6-5-10(3)12(7-11)13-8-14;;/h10-13H,1,4-6H2,2-3H3;11-12H,1,5-8H2,2-4H3;10-12H,2-7H2,1H3;9-12H,4-7H2,1-3H3;2*1H4. The van der Waals surface area contributed by atoms with E-state index in [1.807, 2.05) is 13.8 Å². The maximum absolute atomic E-state index is 10.3. The van der Waals surface area contributed by atoms with Gasteiger partial charge in [0, 0.05) is 0 Å². The second-order valence-electron chi connectivity index (χ2n) is 19.6. The molecular formula is C52H86N6O6. The van der Waals surface area contributed by atoms with E-state index in [2.05, 4.69) is 86.6 Å². The fourth-order valence-corrected chi connectivity index (χ4v) is 10.3. The quantitative estimate of drug-likeness (QED) is 0.0678. The van der Waals surface area contributed by atoms with E-state index in [0.29, 0.717) is 67.6 Å². The molecule has 0 heterocycles. The summed E-state index contributed by atoms with van der Waals surface area (Å²) >= 11 is 0. The summed E-state index contributed by atoms with van der Waals surface area (Å²) < 4.78 is 5.11. The molecule has 360 valence electrons. The predicted molar refractivity (Wildman–Crippen MR) is 258 cm³/mol. The molecule has 0 aromatic heterocycles. The lowest BCUT2D eigenvalue weighted by Crippen LogP contribution is -2.37. The largest absolute Gasteiger partial charge is 0.424 e. The fourth-order valence-electron chi connectivity index (χ4n) is 10.3. The zero-order valence-corrected chi connectivity index (χ0v) is 39.6. The third kappa shape index (κ3) is 22.5. The second kappa shape index (κ2) is 34.1. The average molecular weight is 891 g/mol. The molecule has 0 bridgehead atoms. The summed E-state index contributed by atoms with van der Waals surface area (Å²) in [5.74, 6) is 5.87. The normalized spacial score (nSPS) is 31.0. The molecule has 4 saturated carbocycles. The highest BCUT2D eigenvalue weighted by atomic mass is 16.5. The van der Waals surface area contributed by atoms with Gasteiger partial charge in [-0.1, -0.05) is 94.0 Å². The van der Waals surface area contributed by atoms with Crippen molar-refractivity contribution in [2.24, 2.45) is 95.5 Å². The van der Waals surface area contributed by atoms with Crippen molar-refractivity contribution in [2.45, 2.75) is 173 Å². The van der Waals surface area contributed by atoms with Crippen LogP contribution in [0, 0.1) is 82.0 Å². The van der Waals surface area contributed by atoms with Crippen molar-refractivity contribution >= 4 is 30.4 Å². The molecule has 0 saturated heterocycles. The number of ether oxygens (including phenoxy) is 1. The summed E-state index contributed by atoms with van der Waals surface area (Å²) in [5, 5.41) is 8.64. The zero-order valence-electron chi connectivity index (χ0n) is 39.6. The molecule has 0 amide bonds. The van der Waals surface area contributed by atoms with Gasteiger partial charge in [0.05, 0.1) is 32.2 Å². The van der Waals surface area contributed by atoms with Crippen LogP contribution >= 0.6 is 0 Å². The maximum Gasteiger partial charge on any atom is 0.286 e. The fraction of sp³-hybridized carbons (Fsp3) is 0.808. The molecule has 4 rings (SSSR count). The van der Waals surface area contributed by atoms with Crippen LogP contribution < -0.4 is 0 Å². The Morgan fingerprint density at radius 2 is 1.33 bits per heavy atom. The maximum atomic E-state index is 10.3. The molecule has 0 aromatic carbocycles. The zero-order chi connectivity index (χ0) is 46.7. The van der Waals surface area contributed by atoms with E-state index in [1.165, 1.54) is 31.3 Å². The van der Waals surface area contributed by atoms with Crippen LogP contribution in [-0.4, -0.2) is 68.7 Å². The monoisotopic (exact) mass is 891 g/mol. The molecule has 12 heteroatoms. The lowest BCUT2D eigenvalue weighted by atomic mass is 9.65. The number of nitriles is 1. The van der Waals surface area contributed by atoms with Crippen LogP contribution in [0.4, 0.5) is 0 Å². The minimum Gasteiger partial charge on any atom is -0.424 e. The molecule has 4 aliphatic carbocycles. The minimum atomic E-state index is -0.0951. The lowest BCUT2D eigenvalue weighted by molar-refractivity contribution is 0.0231. The number of hydrogen-bond acceptors (Lipinski definition) is 12. The SMILES string of the molecule is C.C.C=C(C)C1CC(CN=C=O)C(C)C(OC#N)C1.C=C(C)C1CCC(C)(CN=C=O)CC1C.CC(CN=C=O)C1CCC(CN=C=O)CC1.CCC(C)C1CCC(C)C(N=C=O)C1. The minimum absolute atomic E-state index is 0. The van der Waals surface area contributed by atoms with E-state index in [9.17, 15) is 24.0 Å². The smallest absolute Gasteiger partial charge is 0.286 e. The van der Waals surface area contributed by atoms with Gasteiger partial charge in [-0.2, -0.15) is 5.26 Å². The highest BCUT2D eigenvalue weighted by Crippen LogP contribution is 2.44. The van der Waals surface area contributed by atoms with Gasteiger partial charge in [0.1, 0.15) is 6.10 Å². The molecule has 0 spiro atoms. The number of nitrogens with zero attached hydrogens (tertiary/aromatic N) is 6. The molecule has 0 aliphatic heterocycles. The Balaban J connectivity index is 0. The Hall–Kier alpha value is -4.33. The van der Waals surface area contributed by atoms with Gasteiger partial charge in [0.15, 0.2) is 0 Å². The first-order valence-electron chi connectivity index (χ1n) is 23.1. The van der Waals surface area contributed by atoms with E-state index >= 15 is 0 Å². The number of hydrogen-bond donors (Lipinski definition) is 0. The molecule has 4 fully saturated rings. The Kier molecular flexibility index (Phi) is 32.9. The summed E-state index contributed by atoms with van der Waals surface area (Å²) in [6.07, 6.45) is 24.4. The molecule has 64 heavy (non-hydrogen) atoms. The number of aliphatic imine (C=N–C) groups is 5. The van der Waals surface area contributed by atoms with Gasteiger partial charge >= 0.3 is 0 Å². The molecular weight excluding hydrogens is 805 g/mol. The van der Waals surface area contributed by atoms with Crippen LogP contribution in [0.1, 0.15) is 161 Å². The van der Waals surface area contributed by atoms with E-state index < -0.39 is 0 Å². The highest BCUT2D eigenvalue weighted by Gasteiger charge is 2.37. The first kappa shape index (κ1) is 61.8. The van der Waals surface area contributed by atoms with E-state index in [-0.39, 0.29) is 44.2 Å². The summed E-state index contributed by atoms with van der Waals surface area (Å²) in [6.45, 7) is 29.8. The molecule has 4 aliphatic rings. The van der Waals surface area contributed by atoms with Crippen LogP contribution in [-0.2, 0) is 28.7 Å². The second-order valence-corrected chi connectivity index (χ2v) is 19.6. The Morgan fingerprint density at radius 3 is 1.84 bits per heavy atom. The molecule has 12 atom stereocenters. The van der Waals surface area contributed by atoms with Crippen LogP contribution in [0.2, 0.25) is 0 Å². The van der Waals surface area contributed by atoms with Gasteiger partial charge < -0.3 is 4.74 Å². The summed E-state index contributed by atoms with van der Waals surface area (Å²) in [5.41, 5.74) is 2.59. The van der Waals surface area contributed by atoms with E-state index in [0.717, 1.165) is 75.2 Å². The number of isocyanates is 5. The number of carbonyl (C=O) groups excluding carboxylic acids is 5. The third-order valence-corrected chi connectivity index (χ3v) is 14.9. The van der Waals surface area contributed by atoms with Crippen molar-refractivity contribution < 1.29 is 28.7 Å². The van der Waals surface area contributed by atoms with Crippen LogP contribution in [0.15, 0.2) is 49.3 Å². The first-order chi connectivity index (χ1) is 29.5. The summed E-state index contributed by atoms with van der Waals surface area (Å²) in [7, 11) is 0. The van der Waals surface area contributed by atoms with Crippen LogP contribution in [0.25, 0.3) is 0 Å². The number of rotatable bonds is 15. The van der Waals surface area contributed by atoms with Gasteiger partial charge in [0.2, 0.25) is 30.4 Å². The molecule has 12 nitrogen and oxygen atoms in total. The van der Waals surface area contributed by atoms with Gasteiger partial charge in [-0.05, 0) is 161 Å². The van der Waals surface area contributed by atoms with E-state index in [1.54, 1.807) is 36.7 Å². The summed E-state index contributed by atoms with van der Waals surface area (Å²) in [4.78, 5) is 69.2. The van der Waals surface area contributed by atoms with Crippen molar-refractivity contribution in [1.82, 2.24) is 0 Å². The molecule has 12 unspecified atom stereocenters. The summed E-state index contributed by atoms with van der Waals surface area (Å²) in [6, 6.07) is 0.236. The molecule has 0 N–H and O–H groups in total. The Morgan fingerprint density at radius 1 is 0.734 bits per heavy atom. The predicted octanol–water partition coefficient (Wildman–Crippen LogP) is 12.3. The third-order valence-electron chi connectivity index (χ3n) is 14.9. The van der Waals surface area contributed by atoms with Crippen molar-refractivity contribution in [3.8, 4) is 6.26 Å². The van der Waals surface area contributed by atoms with Gasteiger partial charge in [0.25, 0.3) is 6.26 Å². The lowest BCUT2D eigenvalue weighted by Gasteiger charge is -2.40. The Bertz CT molecular complexity index is 1660. The Labute approximate surface area is 388 Å². The van der Waals surface area contributed by atoms with Gasteiger partial charge in [-0.15, -0.1) is 0 Å². The van der Waals surface area contributed by atoms with E-state index in [4.69, 9.17) is 10.00 Å². The van der Waals surface area contributed by atoms with Crippen LogP contribution in [0.3, 0.4) is 0 Å². The first-order valence-corrected chi connectivity index (χ1v) is 23.1. The topological polar surface area (TPSA) is 180 Å². The van der Waals surface area contributed by atoms with Crippen molar-refractivity contribution in [1.29, 1.82) is 5.26 Å². The average Bonchev–Trinajstić information content (AvgIpc) is 3.25. The van der Waals surface area contributed by atoms with Crippen molar-refractivity contribution in [3.63, 3.8) is 0 Å². The van der Waals surface area contributed by atoms with Gasteiger partial charge in [-0.25, -0.2) is 48.9 Å². The molecule has 0 radical (unpaired) electrons. The number of allylic oxidation sites excluding steroid dienone is 2. The van der Waals surface area contributed by atoms with Crippen molar-refractivity contribution in [3.05, 3.63) is 24.3 Å².